The second-order valence-electron chi connectivity index (χ2n) is 4.22. The van der Waals surface area contributed by atoms with E-state index in [9.17, 15) is 14.4 Å². The molecular weight excluding hydrogens is 260 g/mol. The van der Waals surface area contributed by atoms with Crippen LogP contribution in [0.4, 0.5) is 5.69 Å². The van der Waals surface area contributed by atoms with Crippen molar-refractivity contribution in [1.82, 2.24) is 4.90 Å². The molecule has 0 unspecified atom stereocenters. The van der Waals surface area contributed by atoms with Crippen LogP contribution in [-0.2, 0) is 14.3 Å². The molecular formula is C14H18N2O4. The lowest BCUT2D eigenvalue weighted by Gasteiger charge is -2.14. The van der Waals surface area contributed by atoms with Gasteiger partial charge in [-0.05, 0) is 31.2 Å². The molecule has 0 aliphatic carbocycles. The highest BCUT2D eigenvalue weighted by atomic mass is 16.5. The molecule has 0 bridgehead atoms. The summed E-state index contributed by atoms with van der Waals surface area (Å²) in [6.07, 6.45) is 0. The topological polar surface area (TPSA) is 75.7 Å². The van der Waals surface area contributed by atoms with Gasteiger partial charge in [-0.3, -0.25) is 9.59 Å². The SMILES string of the molecule is CCOC(=O)c1ccc(NC(=O)CN(C)C(C)=O)cc1. The number of anilines is 1. The molecule has 0 radical (unpaired) electrons. The lowest BCUT2D eigenvalue weighted by atomic mass is 10.2. The number of carbonyl (C=O) groups excluding carboxylic acids is 3. The van der Waals surface area contributed by atoms with Gasteiger partial charge in [0, 0.05) is 19.7 Å². The lowest BCUT2D eigenvalue weighted by Crippen LogP contribution is -2.33. The van der Waals surface area contributed by atoms with Gasteiger partial charge in [0.1, 0.15) is 0 Å². The Morgan fingerprint density at radius 3 is 2.30 bits per heavy atom. The minimum Gasteiger partial charge on any atom is -0.462 e. The minimum absolute atomic E-state index is 0.0189. The van der Waals surface area contributed by atoms with Crippen LogP contribution in [-0.4, -0.2) is 42.9 Å². The smallest absolute Gasteiger partial charge is 0.338 e. The van der Waals surface area contributed by atoms with Crippen molar-refractivity contribution < 1.29 is 19.1 Å². The van der Waals surface area contributed by atoms with Gasteiger partial charge < -0.3 is 15.0 Å². The molecule has 6 heteroatoms. The Balaban J connectivity index is 2.59. The summed E-state index contributed by atoms with van der Waals surface area (Å²) in [6, 6.07) is 6.36. The number of carbonyl (C=O) groups is 3. The van der Waals surface area contributed by atoms with E-state index in [1.165, 1.54) is 11.8 Å². The predicted octanol–water partition coefficient (Wildman–Crippen LogP) is 1.28. The highest BCUT2D eigenvalue weighted by Crippen LogP contribution is 2.10. The van der Waals surface area contributed by atoms with Gasteiger partial charge in [0.2, 0.25) is 11.8 Å². The van der Waals surface area contributed by atoms with Crippen molar-refractivity contribution in [1.29, 1.82) is 0 Å². The van der Waals surface area contributed by atoms with Crippen molar-refractivity contribution in [2.75, 3.05) is 25.5 Å². The first kappa shape index (κ1) is 15.7. The molecule has 0 atom stereocenters. The fraction of sp³-hybridized carbons (Fsp3) is 0.357. The minimum atomic E-state index is -0.401. The maximum absolute atomic E-state index is 11.7. The maximum Gasteiger partial charge on any atom is 0.338 e. The van der Waals surface area contributed by atoms with Crippen LogP contribution in [0, 0.1) is 0 Å². The first-order valence-corrected chi connectivity index (χ1v) is 6.22. The summed E-state index contributed by atoms with van der Waals surface area (Å²) in [5, 5.41) is 2.64. The number of nitrogens with one attached hydrogen (secondary N) is 1. The third-order valence-electron chi connectivity index (χ3n) is 2.60. The zero-order valence-electron chi connectivity index (χ0n) is 11.8. The number of hydrogen-bond acceptors (Lipinski definition) is 4. The highest BCUT2D eigenvalue weighted by molar-refractivity contribution is 5.95. The van der Waals surface area contributed by atoms with E-state index >= 15 is 0 Å². The van der Waals surface area contributed by atoms with Crippen molar-refractivity contribution in [3.8, 4) is 0 Å². The fourth-order valence-corrected chi connectivity index (χ4v) is 1.43. The average molecular weight is 278 g/mol. The molecule has 0 aromatic heterocycles. The molecule has 0 aliphatic rings. The molecule has 0 saturated carbocycles. The van der Waals surface area contributed by atoms with E-state index in [1.807, 2.05) is 0 Å². The van der Waals surface area contributed by atoms with Gasteiger partial charge in [0.25, 0.3) is 0 Å². The van der Waals surface area contributed by atoms with Crippen LogP contribution < -0.4 is 5.32 Å². The van der Waals surface area contributed by atoms with Gasteiger partial charge >= 0.3 is 5.97 Å². The zero-order chi connectivity index (χ0) is 15.1. The number of likely N-dealkylation sites (N-methyl/N-ethyl adjacent to an activating group) is 1. The number of nitrogens with zero attached hydrogens (tertiary/aromatic N) is 1. The van der Waals surface area contributed by atoms with Crippen LogP contribution in [0.2, 0.25) is 0 Å². The van der Waals surface area contributed by atoms with E-state index in [4.69, 9.17) is 4.74 Å². The van der Waals surface area contributed by atoms with Gasteiger partial charge in [-0.1, -0.05) is 0 Å². The summed E-state index contributed by atoms with van der Waals surface area (Å²) in [5.74, 6) is -0.883. The Morgan fingerprint density at radius 2 is 1.80 bits per heavy atom. The quantitative estimate of drug-likeness (QED) is 0.823. The Bertz CT molecular complexity index is 496. The van der Waals surface area contributed by atoms with Crippen LogP contribution in [0.5, 0.6) is 0 Å². The largest absolute Gasteiger partial charge is 0.462 e. The first-order chi connectivity index (χ1) is 9.43. The molecule has 1 aromatic carbocycles. The van der Waals surface area contributed by atoms with Crippen LogP contribution >= 0.6 is 0 Å². The van der Waals surface area contributed by atoms with Gasteiger partial charge in [-0.25, -0.2) is 4.79 Å². The zero-order valence-corrected chi connectivity index (χ0v) is 11.8. The average Bonchev–Trinajstić information content (AvgIpc) is 2.39. The summed E-state index contributed by atoms with van der Waals surface area (Å²) < 4.78 is 4.86. The van der Waals surface area contributed by atoms with Crippen LogP contribution in [0.3, 0.4) is 0 Å². The molecule has 6 nitrogen and oxygen atoms in total. The number of amides is 2. The van der Waals surface area contributed by atoms with Gasteiger partial charge in [-0.2, -0.15) is 0 Å². The monoisotopic (exact) mass is 278 g/mol. The first-order valence-electron chi connectivity index (χ1n) is 6.22. The third kappa shape index (κ3) is 4.72. The maximum atomic E-state index is 11.7. The summed E-state index contributed by atoms with van der Waals surface area (Å²) in [5.41, 5.74) is 0.978. The van der Waals surface area contributed by atoms with Crippen LogP contribution in [0.1, 0.15) is 24.2 Å². The summed E-state index contributed by atoms with van der Waals surface area (Å²) in [7, 11) is 1.55. The third-order valence-corrected chi connectivity index (χ3v) is 2.60. The predicted molar refractivity (Wildman–Crippen MR) is 74.3 cm³/mol. The molecule has 1 aromatic rings. The lowest BCUT2D eigenvalue weighted by molar-refractivity contribution is -0.131. The van der Waals surface area contributed by atoms with E-state index < -0.39 is 5.97 Å². The molecule has 1 N–H and O–H groups in total. The molecule has 0 heterocycles. The molecule has 1 rings (SSSR count). The van der Waals surface area contributed by atoms with E-state index in [0.29, 0.717) is 17.9 Å². The molecule has 108 valence electrons. The van der Waals surface area contributed by atoms with E-state index in [1.54, 1.807) is 38.2 Å². The number of hydrogen-bond donors (Lipinski definition) is 1. The molecule has 0 fully saturated rings. The normalized spacial score (nSPS) is 9.75. The van der Waals surface area contributed by atoms with Crippen molar-refractivity contribution in [2.45, 2.75) is 13.8 Å². The highest BCUT2D eigenvalue weighted by Gasteiger charge is 2.10. The summed E-state index contributed by atoms with van der Waals surface area (Å²) in [6.45, 7) is 3.42. The van der Waals surface area contributed by atoms with Crippen molar-refractivity contribution in [3.05, 3.63) is 29.8 Å². The van der Waals surface area contributed by atoms with E-state index in [2.05, 4.69) is 5.32 Å². The van der Waals surface area contributed by atoms with E-state index in [0.717, 1.165) is 0 Å². The second-order valence-corrected chi connectivity index (χ2v) is 4.22. The van der Waals surface area contributed by atoms with Crippen molar-refractivity contribution >= 4 is 23.5 Å². The van der Waals surface area contributed by atoms with Gasteiger partial charge in [0.05, 0.1) is 18.7 Å². The van der Waals surface area contributed by atoms with Crippen molar-refractivity contribution in [3.63, 3.8) is 0 Å². The molecule has 0 aliphatic heterocycles. The van der Waals surface area contributed by atoms with Gasteiger partial charge in [-0.15, -0.1) is 0 Å². The van der Waals surface area contributed by atoms with Crippen LogP contribution in [0.15, 0.2) is 24.3 Å². The Morgan fingerprint density at radius 1 is 1.20 bits per heavy atom. The number of esters is 1. The standard InChI is InChI=1S/C14H18N2O4/c1-4-20-14(19)11-5-7-12(8-6-11)15-13(18)9-16(3)10(2)17/h5-8H,4,9H2,1-3H3,(H,15,18). The number of ether oxygens (including phenoxy) is 1. The van der Waals surface area contributed by atoms with Crippen molar-refractivity contribution in [2.24, 2.45) is 0 Å². The Hall–Kier alpha value is -2.37. The number of rotatable bonds is 5. The molecule has 2 amide bonds. The second kappa shape index (κ2) is 7.28. The van der Waals surface area contributed by atoms with E-state index in [-0.39, 0.29) is 18.4 Å². The summed E-state index contributed by atoms with van der Waals surface area (Å²) in [4.78, 5) is 35.4. The summed E-state index contributed by atoms with van der Waals surface area (Å²) >= 11 is 0. The Labute approximate surface area is 117 Å². The van der Waals surface area contributed by atoms with Gasteiger partial charge in [0.15, 0.2) is 0 Å². The molecule has 20 heavy (non-hydrogen) atoms. The Kier molecular flexibility index (Phi) is 5.71. The molecule has 0 spiro atoms. The number of benzene rings is 1. The molecule has 0 saturated heterocycles. The van der Waals surface area contributed by atoms with Crippen LogP contribution in [0.25, 0.3) is 0 Å². The fourth-order valence-electron chi connectivity index (χ4n) is 1.43.